The number of nitrogens with two attached hydrogens (primary N) is 1. The number of thioether (sulfide) groups is 1. The van der Waals surface area contributed by atoms with Crippen LogP contribution in [0.25, 0.3) is 0 Å². The lowest BCUT2D eigenvalue weighted by Gasteiger charge is -2.16. The summed E-state index contributed by atoms with van der Waals surface area (Å²) in [4.78, 5) is 39.7. The van der Waals surface area contributed by atoms with Crippen LogP contribution in [0.3, 0.4) is 0 Å². The van der Waals surface area contributed by atoms with Crippen LogP contribution in [-0.2, 0) is 18.9 Å². The van der Waals surface area contributed by atoms with Gasteiger partial charge in [0.2, 0.25) is 5.91 Å². The fraction of sp³-hybridized carbons (Fsp3) is 0.818. The van der Waals surface area contributed by atoms with Crippen LogP contribution in [0.5, 0.6) is 0 Å². The van der Waals surface area contributed by atoms with Gasteiger partial charge in [-0.05, 0) is 6.42 Å². The van der Waals surface area contributed by atoms with Gasteiger partial charge in [0.1, 0.15) is 6.10 Å². The number of carbonyl (C=O) groups is 2. The summed E-state index contributed by atoms with van der Waals surface area (Å²) in [5.41, 5.74) is 5.66. The monoisotopic (exact) mass is 358 g/mol. The number of amides is 1. The number of hydrogen-bond acceptors (Lipinski definition) is 7. The molecule has 0 spiro atoms. The van der Waals surface area contributed by atoms with Crippen molar-refractivity contribution in [3.8, 4) is 0 Å². The van der Waals surface area contributed by atoms with Crippen LogP contribution >= 0.6 is 19.4 Å². The number of hydrogen-bond donors (Lipinski definition) is 5. The molecule has 2 unspecified atom stereocenters. The molecule has 130 valence electrons. The lowest BCUT2D eigenvalue weighted by Crippen LogP contribution is -2.43. The molecule has 0 aliphatic heterocycles. The Morgan fingerprint density at radius 3 is 2.50 bits per heavy atom. The smallest absolute Gasteiger partial charge is 0.325 e. The summed E-state index contributed by atoms with van der Waals surface area (Å²) in [5.74, 6) is -0.338. The highest BCUT2D eigenvalue weighted by Crippen LogP contribution is 2.34. The molecule has 0 aliphatic rings. The molecule has 0 radical (unpaired) electrons. The van der Waals surface area contributed by atoms with Crippen LogP contribution in [0.1, 0.15) is 13.3 Å². The second kappa shape index (κ2) is 11.0. The molecule has 0 bridgehead atoms. The highest BCUT2D eigenvalue weighted by atomic mass is 32.2. The Morgan fingerprint density at radius 2 is 2.00 bits per heavy atom. The third-order valence-corrected chi connectivity index (χ3v) is 4.50. The van der Waals surface area contributed by atoms with Gasteiger partial charge in [0.15, 0.2) is 0 Å². The van der Waals surface area contributed by atoms with Crippen molar-refractivity contribution in [1.82, 2.24) is 5.32 Å². The van der Waals surface area contributed by atoms with E-state index in [9.17, 15) is 14.2 Å². The minimum atomic E-state index is -4.05. The highest BCUT2D eigenvalue weighted by Gasteiger charge is 2.17. The van der Waals surface area contributed by atoms with Gasteiger partial charge in [0.05, 0.1) is 18.8 Å². The Balaban J connectivity index is 3.86. The summed E-state index contributed by atoms with van der Waals surface area (Å²) in [6.07, 6.45) is -0.770. The molecule has 1 amide bonds. The van der Waals surface area contributed by atoms with Crippen LogP contribution in [0.4, 0.5) is 0 Å². The lowest BCUT2D eigenvalue weighted by atomic mass is 10.3. The molecule has 0 saturated carbocycles. The standard InChI is InChI=1S/C11H23N2O7PS/c1-8(15)20-9(5-14)6-22-7-10(12)11(16)13-3-2-4-21(17,18)19/h9-10,14H,2-7,12H2,1H3,(H,13,16)(H2,17,18,19). The molecule has 0 fully saturated rings. The fourth-order valence-electron chi connectivity index (χ4n) is 1.39. The van der Waals surface area contributed by atoms with Crippen LogP contribution in [0.15, 0.2) is 0 Å². The second-order valence-corrected chi connectivity index (χ2v) is 7.44. The Labute approximate surface area is 133 Å². The maximum atomic E-state index is 11.6. The summed E-state index contributed by atoms with van der Waals surface area (Å²) >= 11 is 1.26. The van der Waals surface area contributed by atoms with E-state index < -0.39 is 31.6 Å². The van der Waals surface area contributed by atoms with E-state index in [1.54, 1.807) is 0 Å². The number of nitrogens with one attached hydrogen (secondary N) is 1. The molecule has 6 N–H and O–H groups in total. The van der Waals surface area contributed by atoms with Crippen LogP contribution in [-0.4, -0.2) is 69.7 Å². The molecule has 0 aliphatic carbocycles. The minimum absolute atomic E-state index is 0.134. The molecule has 0 aromatic heterocycles. The summed E-state index contributed by atoms with van der Waals surface area (Å²) in [6, 6.07) is -0.795. The summed E-state index contributed by atoms with van der Waals surface area (Å²) < 4.78 is 15.4. The molecule has 0 heterocycles. The fourth-order valence-corrected chi connectivity index (χ4v) is 2.94. The average Bonchev–Trinajstić information content (AvgIpc) is 2.40. The van der Waals surface area contributed by atoms with Crippen molar-refractivity contribution in [2.75, 3.05) is 30.8 Å². The largest absolute Gasteiger partial charge is 0.459 e. The summed E-state index contributed by atoms with van der Waals surface area (Å²) in [6.45, 7) is 1.07. The molecule has 22 heavy (non-hydrogen) atoms. The molecule has 2 atom stereocenters. The van der Waals surface area contributed by atoms with Crippen LogP contribution < -0.4 is 11.1 Å². The normalized spacial score (nSPS) is 14.2. The molecule has 0 aromatic rings. The Morgan fingerprint density at radius 1 is 1.36 bits per heavy atom. The van der Waals surface area contributed by atoms with E-state index in [0.717, 1.165) is 0 Å². The second-order valence-electron chi connectivity index (χ2n) is 4.59. The molecule has 0 rings (SSSR count). The maximum Gasteiger partial charge on any atom is 0.325 e. The number of rotatable bonds is 11. The quantitative estimate of drug-likeness (QED) is 0.171. The Hall–Kier alpha value is -0.640. The van der Waals surface area contributed by atoms with Gasteiger partial charge < -0.3 is 30.7 Å². The van der Waals surface area contributed by atoms with Crippen molar-refractivity contribution in [2.24, 2.45) is 5.73 Å². The molecule has 0 aromatic carbocycles. The van der Waals surface area contributed by atoms with Crippen molar-refractivity contribution in [3.63, 3.8) is 0 Å². The van der Waals surface area contributed by atoms with Crippen molar-refractivity contribution < 1.29 is 33.8 Å². The summed E-state index contributed by atoms with van der Waals surface area (Å²) in [7, 11) is -4.05. The first-order valence-electron chi connectivity index (χ1n) is 6.59. The minimum Gasteiger partial charge on any atom is -0.459 e. The van der Waals surface area contributed by atoms with Gasteiger partial charge in [-0.2, -0.15) is 11.8 Å². The van der Waals surface area contributed by atoms with Gasteiger partial charge in [-0.1, -0.05) is 0 Å². The molecular formula is C11H23N2O7PS. The first-order chi connectivity index (χ1) is 10.2. The Kier molecular flexibility index (Phi) is 10.7. The van der Waals surface area contributed by atoms with E-state index in [1.165, 1.54) is 18.7 Å². The van der Waals surface area contributed by atoms with E-state index in [4.69, 9.17) is 25.4 Å². The van der Waals surface area contributed by atoms with E-state index >= 15 is 0 Å². The van der Waals surface area contributed by atoms with E-state index in [2.05, 4.69) is 5.32 Å². The molecule has 0 saturated heterocycles. The highest BCUT2D eigenvalue weighted by molar-refractivity contribution is 7.99. The third-order valence-electron chi connectivity index (χ3n) is 2.40. The number of aliphatic hydroxyl groups excluding tert-OH is 1. The average molecular weight is 358 g/mol. The zero-order chi connectivity index (χ0) is 17.2. The zero-order valence-electron chi connectivity index (χ0n) is 12.3. The lowest BCUT2D eigenvalue weighted by molar-refractivity contribution is -0.146. The van der Waals surface area contributed by atoms with Crippen molar-refractivity contribution in [2.45, 2.75) is 25.5 Å². The van der Waals surface area contributed by atoms with Crippen molar-refractivity contribution >= 4 is 31.2 Å². The predicted octanol–water partition coefficient (Wildman–Crippen LogP) is -1.35. The zero-order valence-corrected chi connectivity index (χ0v) is 14.0. The van der Waals surface area contributed by atoms with Crippen molar-refractivity contribution in [1.29, 1.82) is 0 Å². The maximum absolute atomic E-state index is 11.6. The SMILES string of the molecule is CC(=O)OC(CO)CSCC(N)C(=O)NCCCP(=O)(O)O. The first-order valence-corrected chi connectivity index (χ1v) is 9.54. The number of ether oxygens (including phenoxy) is 1. The van der Waals surface area contributed by atoms with Gasteiger partial charge in [-0.3, -0.25) is 14.2 Å². The molecule has 11 heteroatoms. The van der Waals surface area contributed by atoms with Crippen LogP contribution in [0.2, 0.25) is 0 Å². The number of aliphatic hydroxyl groups is 1. The van der Waals surface area contributed by atoms with E-state index in [0.29, 0.717) is 5.75 Å². The van der Waals surface area contributed by atoms with Gasteiger partial charge in [0.25, 0.3) is 0 Å². The molecule has 9 nitrogen and oxygen atoms in total. The first kappa shape index (κ1) is 21.4. The van der Waals surface area contributed by atoms with Crippen molar-refractivity contribution in [3.05, 3.63) is 0 Å². The van der Waals surface area contributed by atoms with Crippen LogP contribution in [0, 0.1) is 0 Å². The topological polar surface area (TPSA) is 159 Å². The van der Waals surface area contributed by atoms with Gasteiger partial charge in [-0.25, -0.2) is 0 Å². The number of esters is 1. The third kappa shape index (κ3) is 12.0. The summed E-state index contributed by atoms with van der Waals surface area (Å²) in [5, 5.41) is 11.5. The van der Waals surface area contributed by atoms with Gasteiger partial charge >= 0.3 is 13.6 Å². The Bertz CT molecular complexity index is 404. The van der Waals surface area contributed by atoms with Gasteiger partial charge in [0, 0.05) is 25.0 Å². The molecular weight excluding hydrogens is 335 g/mol. The van der Waals surface area contributed by atoms with Gasteiger partial charge in [-0.15, -0.1) is 0 Å². The van der Waals surface area contributed by atoms with E-state index in [-0.39, 0.29) is 31.5 Å². The van der Waals surface area contributed by atoms with E-state index in [1.807, 2.05) is 0 Å². The number of carbonyl (C=O) groups excluding carboxylic acids is 2. The predicted molar refractivity (Wildman–Crippen MR) is 82.5 cm³/mol.